The van der Waals surface area contributed by atoms with E-state index in [2.05, 4.69) is 4.72 Å². The third-order valence-corrected chi connectivity index (χ3v) is 3.84. The first kappa shape index (κ1) is 13.0. The number of primary amides is 1. The maximum absolute atomic E-state index is 11.6. The molecule has 0 aliphatic rings. The molecule has 0 spiro atoms. The van der Waals surface area contributed by atoms with Crippen LogP contribution in [0.5, 0.6) is 0 Å². The van der Waals surface area contributed by atoms with Gasteiger partial charge < -0.3 is 5.73 Å². The molecule has 5 nitrogen and oxygen atoms in total. The molecule has 0 fully saturated rings. The van der Waals surface area contributed by atoms with Gasteiger partial charge in [-0.25, -0.2) is 13.1 Å². The van der Waals surface area contributed by atoms with Crippen LogP contribution in [0.15, 0.2) is 23.1 Å². The Bertz CT molecular complexity index is 513. The SMILES string of the molecule is CNS(=O)(=O)c1cc(C(N)=O)ccc1CCl. The van der Waals surface area contributed by atoms with Crippen LogP contribution < -0.4 is 10.5 Å². The standard InChI is InChI=1S/C9H11ClN2O3S/c1-12-16(14,15)8-4-6(9(11)13)2-3-7(8)5-10/h2-4,12H,5H2,1H3,(H2,11,13). The number of amides is 1. The number of sulfonamides is 1. The summed E-state index contributed by atoms with van der Waals surface area (Å²) in [4.78, 5) is 10.9. The van der Waals surface area contributed by atoms with E-state index >= 15 is 0 Å². The normalized spacial score (nSPS) is 11.4. The molecule has 0 radical (unpaired) electrons. The largest absolute Gasteiger partial charge is 0.366 e. The topological polar surface area (TPSA) is 89.3 Å². The van der Waals surface area contributed by atoms with Crippen molar-refractivity contribution in [3.8, 4) is 0 Å². The quantitative estimate of drug-likeness (QED) is 0.771. The molecule has 88 valence electrons. The van der Waals surface area contributed by atoms with Crippen molar-refractivity contribution in [3.63, 3.8) is 0 Å². The third kappa shape index (κ3) is 2.52. The summed E-state index contributed by atoms with van der Waals surface area (Å²) in [5.41, 5.74) is 5.62. The van der Waals surface area contributed by atoms with Crippen molar-refractivity contribution in [1.82, 2.24) is 4.72 Å². The van der Waals surface area contributed by atoms with Gasteiger partial charge in [0.2, 0.25) is 15.9 Å². The molecule has 1 aromatic rings. The van der Waals surface area contributed by atoms with Crippen LogP contribution in [0.4, 0.5) is 0 Å². The number of carbonyl (C=O) groups excluding carboxylic acids is 1. The predicted molar refractivity (Wildman–Crippen MR) is 60.8 cm³/mol. The van der Waals surface area contributed by atoms with Gasteiger partial charge in [0, 0.05) is 11.4 Å². The molecule has 3 N–H and O–H groups in total. The number of nitrogens with two attached hydrogens (primary N) is 1. The minimum absolute atomic E-state index is 0.0266. The Morgan fingerprint density at radius 2 is 2.12 bits per heavy atom. The fourth-order valence-corrected chi connectivity index (χ4v) is 2.48. The number of halogens is 1. The zero-order valence-electron chi connectivity index (χ0n) is 8.53. The van der Waals surface area contributed by atoms with Gasteiger partial charge in [-0.05, 0) is 24.7 Å². The average Bonchev–Trinajstić information content (AvgIpc) is 2.28. The highest BCUT2D eigenvalue weighted by molar-refractivity contribution is 7.89. The van der Waals surface area contributed by atoms with E-state index in [9.17, 15) is 13.2 Å². The summed E-state index contributed by atoms with van der Waals surface area (Å²) in [5.74, 6) is -0.649. The van der Waals surface area contributed by atoms with Gasteiger partial charge in [0.15, 0.2) is 0 Å². The summed E-state index contributed by atoms with van der Waals surface area (Å²) < 4.78 is 25.4. The Balaban J connectivity index is 3.45. The highest BCUT2D eigenvalue weighted by atomic mass is 35.5. The highest BCUT2D eigenvalue weighted by Gasteiger charge is 2.17. The molecule has 0 bridgehead atoms. The number of hydrogen-bond acceptors (Lipinski definition) is 3. The summed E-state index contributed by atoms with van der Waals surface area (Å²) in [5, 5.41) is 0. The Morgan fingerprint density at radius 1 is 1.50 bits per heavy atom. The lowest BCUT2D eigenvalue weighted by Crippen LogP contribution is -2.21. The zero-order chi connectivity index (χ0) is 12.3. The molecule has 0 aliphatic heterocycles. The first-order valence-electron chi connectivity index (χ1n) is 4.34. The smallest absolute Gasteiger partial charge is 0.248 e. The fourth-order valence-electron chi connectivity index (χ4n) is 1.18. The van der Waals surface area contributed by atoms with Gasteiger partial charge >= 0.3 is 0 Å². The molecular weight excluding hydrogens is 252 g/mol. The van der Waals surface area contributed by atoms with Crippen LogP contribution in [-0.4, -0.2) is 21.4 Å². The first-order chi connectivity index (χ1) is 7.42. The lowest BCUT2D eigenvalue weighted by molar-refractivity contribution is 0.1000. The molecule has 16 heavy (non-hydrogen) atoms. The van der Waals surface area contributed by atoms with Crippen LogP contribution in [0.25, 0.3) is 0 Å². The van der Waals surface area contributed by atoms with E-state index < -0.39 is 15.9 Å². The van der Waals surface area contributed by atoms with Crippen molar-refractivity contribution in [3.05, 3.63) is 29.3 Å². The second-order valence-corrected chi connectivity index (χ2v) is 5.15. The predicted octanol–water partition coefficient (Wildman–Crippen LogP) is 0.432. The highest BCUT2D eigenvalue weighted by Crippen LogP contribution is 2.19. The van der Waals surface area contributed by atoms with Crippen molar-refractivity contribution in [1.29, 1.82) is 0 Å². The van der Waals surface area contributed by atoms with E-state index in [1.165, 1.54) is 25.2 Å². The van der Waals surface area contributed by atoms with Crippen LogP contribution in [0.3, 0.4) is 0 Å². The Kier molecular flexibility index (Phi) is 3.90. The molecule has 0 aromatic heterocycles. The van der Waals surface area contributed by atoms with Crippen LogP contribution >= 0.6 is 11.6 Å². The summed E-state index contributed by atoms with van der Waals surface area (Å²) in [6, 6.07) is 4.12. The molecule has 0 saturated heterocycles. The van der Waals surface area contributed by atoms with Crippen LogP contribution in [0.1, 0.15) is 15.9 Å². The second-order valence-electron chi connectivity index (χ2n) is 3.03. The van der Waals surface area contributed by atoms with Gasteiger partial charge in [-0.2, -0.15) is 0 Å². The Morgan fingerprint density at radius 3 is 2.56 bits per heavy atom. The molecule has 0 saturated carbocycles. The zero-order valence-corrected chi connectivity index (χ0v) is 10.1. The van der Waals surface area contributed by atoms with E-state index in [1.807, 2.05) is 0 Å². The molecule has 1 amide bonds. The maximum atomic E-state index is 11.6. The van der Waals surface area contributed by atoms with E-state index in [-0.39, 0.29) is 16.3 Å². The van der Waals surface area contributed by atoms with Crippen molar-refractivity contribution in [2.75, 3.05) is 7.05 Å². The van der Waals surface area contributed by atoms with Crippen LogP contribution in [0, 0.1) is 0 Å². The second kappa shape index (κ2) is 4.82. The van der Waals surface area contributed by atoms with Crippen LogP contribution in [0.2, 0.25) is 0 Å². The molecule has 0 heterocycles. The van der Waals surface area contributed by atoms with E-state index in [4.69, 9.17) is 17.3 Å². The monoisotopic (exact) mass is 262 g/mol. The number of nitrogens with one attached hydrogen (secondary N) is 1. The molecule has 1 aromatic carbocycles. The van der Waals surface area contributed by atoms with Crippen molar-refractivity contribution in [2.24, 2.45) is 5.73 Å². The minimum atomic E-state index is -3.64. The molecular formula is C9H11ClN2O3S. The van der Waals surface area contributed by atoms with Gasteiger partial charge in [-0.15, -0.1) is 11.6 Å². The summed E-state index contributed by atoms with van der Waals surface area (Å²) in [6.45, 7) is 0. The number of rotatable bonds is 4. The van der Waals surface area contributed by atoms with Crippen molar-refractivity contribution in [2.45, 2.75) is 10.8 Å². The molecule has 1 rings (SSSR count). The third-order valence-electron chi connectivity index (χ3n) is 2.05. The summed E-state index contributed by atoms with van der Waals surface area (Å²) in [7, 11) is -2.36. The number of hydrogen-bond donors (Lipinski definition) is 2. The Labute approximate surface area is 98.6 Å². The van der Waals surface area contributed by atoms with Gasteiger partial charge in [0.05, 0.1) is 4.90 Å². The Hall–Kier alpha value is -1.11. The lowest BCUT2D eigenvalue weighted by Gasteiger charge is -2.08. The van der Waals surface area contributed by atoms with Gasteiger partial charge in [0.25, 0.3) is 0 Å². The molecule has 0 atom stereocenters. The van der Waals surface area contributed by atoms with Gasteiger partial charge in [0.1, 0.15) is 0 Å². The lowest BCUT2D eigenvalue weighted by atomic mass is 10.1. The van der Waals surface area contributed by atoms with Crippen molar-refractivity contribution >= 4 is 27.5 Å². The maximum Gasteiger partial charge on any atom is 0.248 e. The van der Waals surface area contributed by atoms with Gasteiger partial charge in [-0.3, -0.25) is 4.79 Å². The average molecular weight is 263 g/mol. The summed E-state index contributed by atoms with van der Waals surface area (Å²) >= 11 is 5.62. The summed E-state index contributed by atoms with van der Waals surface area (Å²) in [6.07, 6.45) is 0. The molecule has 0 unspecified atom stereocenters. The fraction of sp³-hybridized carbons (Fsp3) is 0.222. The molecule has 7 heteroatoms. The van der Waals surface area contributed by atoms with E-state index in [0.29, 0.717) is 5.56 Å². The van der Waals surface area contributed by atoms with Crippen molar-refractivity contribution < 1.29 is 13.2 Å². The minimum Gasteiger partial charge on any atom is -0.366 e. The van der Waals surface area contributed by atoms with Gasteiger partial charge in [-0.1, -0.05) is 6.07 Å². The van der Waals surface area contributed by atoms with Crippen LogP contribution in [-0.2, 0) is 15.9 Å². The molecule has 0 aliphatic carbocycles. The number of benzene rings is 1. The first-order valence-corrected chi connectivity index (χ1v) is 6.36. The van der Waals surface area contributed by atoms with E-state index in [0.717, 1.165) is 0 Å². The van der Waals surface area contributed by atoms with E-state index in [1.54, 1.807) is 0 Å². The number of carbonyl (C=O) groups is 1. The number of alkyl halides is 1.